The maximum Gasteiger partial charge on any atom is 0.255 e. The molecule has 5 rings (SSSR count). The van der Waals surface area contributed by atoms with Gasteiger partial charge < -0.3 is 15.5 Å². The van der Waals surface area contributed by atoms with E-state index >= 15 is 0 Å². The molecular formula is C21H26N4O3. The Morgan fingerprint density at radius 2 is 2.04 bits per heavy atom. The van der Waals surface area contributed by atoms with Crippen molar-refractivity contribution in [3.63, 3.8) is 0 Å². The average molecular weight is 382 g/mol. The van der Waals surface area contributed by atoms with Crippen molar-refractivity contribution in [3.05, 3.63) is 34.9 Å². The maximum atomic E-state index is 12.7. The van der Waals surface area contributed by atoms with E-state index < -0.39 is 6.04 Å². The Hall–Kier alpha value is -2.25. The van der Waals surface area contributed by atoms with Crippen molar-refractivity contribution in [2.24, 2.45) is 5.92 Å². The van der Waals surface area contributed by atoms with E-state index in [1.807, 2.05) is 12.1 Å². The topological polar surface area (TPSA) is 90.5 Å². The molecule has 4 aliphatic rings. The van der Waals surface area contributed by atoms with Crippen molar-refractivity contribution < 1.29 is 14.4 Å². The SMILES string of the molecule is O=C1CCC(N2Cc3cc(CNCC4CCNC45CC5)ccc3C2=O)C(=O)N1. The van der Waals surface area contributed by atoms with Crippen molar-refractivity contribution >= 4 is 17.7 Å². The zero-order chi connectivity index (χ0) is 19.3. The second kappa shape index (κ2) is 6.67. The number of nitrogens with one attached hydrogen (secondary N) is 3. The van der Waals surface area contributed by atoms with E-state index in [4.69, 9.17) is 0 Å². The van der Waals surface area contributed by atoms with Gasteiger partial charge in [0.2, 0.25) is 11.8 Å². The van der Waals surface area contributed by atoms with Gasteiger partial charge in [0.15, 0.2) is 0 Å². The number of imide groups is 1. The summed E-state index contributed by atoms with van der Waals surface area (Å²) in [5.74, 6) is -0.0223. The Bertz CT molecular complexity index is 848. The van der Waals surface area contributed by atoms with Gasteiger partial charge >= 0.3 is 0 Å². The van der Waals surface area contributed by atoms with Gasteiger partial charge in [0, 0.05) is 37.2 Å². The lowest BCUT2D eigenvalue weighted by Gasteiger charge is -2.29. The standard InChI is InChI=1S/C21H26N4O3/c26-18-4-3-17(19(27)24-18)25-12-14-9-13(1-2-16(14)20(25)28)10-22-11-15-5-8-23-21(15)6-7-21/h1-2,9,15,17,22-23H,3-8,10-12H2,(H,24,26,27). The van der Waals surface area contributed by atoms with E-state index in [0.29, 0.717) is 30.0 Å². The number of piperidine rings is 1. The van der Waals surface area contributed by atoms with Gasteiger partial charge in [0.05, 0.1) is 0 Å². The molecule has 3 N–H and O–H groups in total. The van der Waals surface area contributed by atoms with Crippen LogP contribution in [0.4, 0.5) is 0 Å². The van der Waals surface area contributed by atoms with Gasteiger partial charge in [-0.3, -0.25) is 19.7 Å². The highest BCUT2D eigenvalue weighted by Gasteiger charge is 2.51. The van der Waals surface area contributed by atoms with Crippen LogP contribution < -0.4 is 16.0 Å². The van der Waals surface area contributed by atoms with E-state index in [1.54, 1.807) is 4.90 Å². The number of fused-ring (bicyclic) bond motifs is 1. The number of benzene rings is 1. The van der Waals surface area contributed by atoms with Gasteiger partial charge in [0.1, 0.15) is 6.04 Å². The zero-order valence-electron chi connectivity index (χ0n) is 15.9. The van der Waals surface area contributed by atoms with Crippen LogP contribution in [0.5, 0.6) is 0 Å². The minimum absolute atomic E-state index is 0.114. The fourth-order valence-electron chi connectivity index (χ4n) is 5.06. The predicted octanol–water partition coefficient (Wildman–Crippen LogP) is 0.679. The number of hydrogen-bond acceptors (Lipinski definition) is 5. The van der Waals surface area contributed by atoms with E-state index in [9.17, 15) is 14.4 Å². The van der Waals surface area contributed by atoms with E-state index in [1.165, 1.54) is 19.3 Å². The third kappa shape index (κ3) is 3.02. The second-order valence-corrected chi connectivity index (χ2v) is 8.59. The largest absolute Gasteiger partial charge is 0.322 e. The first-order chi connectivity index (χ1) is 13.6. The molecule has 2 unspecified atom stereocenters. The smallest absolute Gasteiger partial charge is 0.255 e. The van der Waals surface area contributed by atoms with Gasteiger partial charge in [-0.2, -0.15) is 0 Å². The molecule has 1 aromatic rings. The summed E-state index contributed by atoms with van der Waals surface area (Å²) in [5.41, 5.74) is 3.22. The summed E-state index contributed by atoms with van der Waals surface area (Å²) in [4.78, 5) is 37.9. The minimum Gasteiger partial charge on any atom is -0.322 e. The Morgan fingerprint density at radius 3 is 2.82 bits per heavy atom. The number of rotatable bonds is 5. The number of amides is 3. The van der Waals surface area contributed by atoms with Crippen molar-refractivity contribution in [2.75, 3.05) is 13.1 Å². The van der Waals surface area contributed by atoms with Gasteiger partial charge in [-0.25, -0.2) is 0 Å². The molecular weight excluding hydrogens is 356 g/mol. The molecule has 1 spiro atoms. The molecule has 1 aliphatic carbocycles. The van der Waals surface area contributed by atoms with Crippen LogP contribution in [-0.4, -0.2) is 47.3 Å². The Labute approximate surface area is 164 Å². The highest BCUT2D eigenvalue weighted by molar-refractivity contribution is 6.05. The van der Waals surface area contributed by atoms with Crippen LogP contribution in [0.15, 0.2) is 18.2 Å². The first-order valence-corrected chi connectivity index (χ1v) is 10.3. The van der Waals surface area contributed by atoms with Crippen LogP contribution in [0.2, 0.25) is 0 Å². The number of carbonyl (C=O) groups is 3. The van der Waals surface area contributed by atoms with Crippen LogP contribution in [0.3, 0.4) is 0 Å². The summed E-state index contributed by atoms with van der Waals surface area (Å²) in [6.45, 7) is 3.37. The van der Waals surface area contributed by atoms with Gasteiger partial charge in [-0.1, -0.05) is 12.1 Å². The molecule has 2 atom stereocenters. The molecule has 7 nitrogen and oxygen atoms in total. The van der Waals surface area contributed by atoms with Crippen molar-refractivity contribution in [3.8, 4) is 0 Å². The molecule has 0 aromatic heterocycles. The number of carbonyl (C=O) groups excluding carboxylic acids is 3. The first kappa shape index (κ1) is 17.8. The summed E-state index contributed by atoms with van der Waals surface area (Å²) in [7, 11) is 0. The Balaban J connectivity index is 1.22. The lowest BCUT2D eigenvalue weighted by Crippen LogP contribution is -2.52. The second-order valence-electron chi connectivity index (χ2n) is 8.59. The quantitative estimate of drug-likeness (QED) is 0.652. The van der Waals surface area contributed by atoms with E-state index in [2.05, 4.69) is 22.0 Å². The summed E-state index contributed by atoms with van der Waals surface area (Å²) < 4.78 is 0. The van der Waals surface area contributed by atoms with Crippen molar-refractivity contribution in [2.45, 2.75) is 56.8 Å². The Morgan fingerprint density at radius 1 is 1.18 bits per heavy atom. The summed E-state index contributed by atoms with van der Waals surface area (Å²) >= 11 is 0. The molecule has 3 amide bonds. The van der Waals surface area contributed by atoms with Gasteiger partial charge in [-0.15, -0.1) is 0 Å². The van der Waals surface area contributed by atoms with Crippen LogP contribution in [0.1, 0.15) is 53.6 Å². The molecule has 1 saturated carbocycles. The summed E-state index contributed by atoms with van der Waals surface area (Å²) in [6.07, 6.45) is 4.53. The summed E-state index contributed by atoms with van der Waals surface area (Å²) in [6, 6.07) is 5.40. The molecule has 0 radical (unpaired) electrons. The predicted molar refractivity (Wildman–Crippen MR) is 102 cm³/mol. The fraction of sp³-hybridized carbons (Fsp3) is 0.571. The monoisotopic (exact) mass is 382 g/mol. The molecule has 3 aliphatic heterocycles. The molecule has 3 heterocycles. The number of nitrogens with zero attached hydrogens (tertiary/aromatic N) is 1. The van der Waals surface area contributed by atoms with Crippen LogP contribution in [0, 0.1) is 5.92 Å². The third-order valence-corrected chi connectivity index (χ3v) is 6.85. The Kier molecular flexibility index (Phi) is 4.25. The molecule has 7 heteroatoms. The summed E-state index contributed by atoms with van der Waals surface area (Å²) in [5, 5.41) is 9.58. The normalized spacial score (nSPS) is 28.0. The van der Waals surface area contributed by atoms with Crippen molar-refractivity contribution in [1.29, 1.82) is 0 Å². The highest BCUT2D eigenvalue weighted by Crippen LogP contribution is 2.46. The molecule has 0 bridgehead atoms. The lowest BCUT2D eigenvalue weighted by atomic mass is 9.98. The zero-order valence-corrected chi connectivity index (χ0v) is 15.9. The van der Waals surface area contributed by atoms with Crippen LogP contribution in [0.25, 0.3) is 0 Å². The molecule has 148 valence electrons. The first-order valence-electron chi connectivity index (χ1n) is 10.3. The molecule has 1 aromatic carbocycles. The van der Waals surface area contributed by atoms with Gasteiger partial charge in [0.25, 0.3) is 5.91 Å². The third-order valence-electron chi connectivity index (χ3n) is 6.85. The molecule has 3 fully saturated rings. The lowest BCUT2D eigenvalue weighted by molar-refractivity contribution is -0.136. The molecule has 2 saturated heterocycles. The van der Waals surface area contributed by atoms with Crippen LogP contribution >= 0.6 is 0 Å². The number of hydrogen-bond donors (Lipinski definition) is 3. The minimum atomic E-state index is -0.552. The van der Waals surface area contributed by atoms with Gasteiger partial charge in [-0.05, 0) is 55.3 Å². The maximum absolute atomic E-state index is 12.7. The highest BCUT2D eigenvalue weighted by atomic mass is 16.2. The van der Waals surface area contributed by atoms with Crippen LogP contribution in [-0.2, 0) is 22.7 Å². The van der Waals surface area contributed by atoms with E-state index in [-0.39, 0.29) is 24.1 Å². The van der Waals surface area contributed by atoms with E-state index in [0.717, 1.165) is 30.8 Å². The average Bonchev–Trinajstić information content (AvgIpc) is 3.24. The fourth-order valence-corrected chi connectivity index (χ4v) is 5.06. The molecule has 28 heavy (non-hydrogen) atoms. The van der Waals surface area contributed by atoms with Crippen molar-refractivity contribution in [1.82, 2.24) is 20.9 Å².